The van der Waals surface area contributed by atoms with Crippen LogP contribution < -0.4 is 57.1 Å². The third-order valence-corrected chi connectivity index (χ3v) is 1.25. The van der Waals surface area contributed by atoms with Crippen LogP contribution in [0.4, 0.5) is 0 Å². The first-order valence-electron chi connectivity index (χ1n) is 2.04. The maximum absolute atomic E-state index is 10.1. The predicted molar refractivity (Wildman–Crippen MR) is 33.4 cm³/mol. The molecule has 0 aliphatic heterocycles. The summed E-state index contributed by atoms with van der Waals surface area (Å²) in [5, 5.41) is -0.0798. The Balaban J connectivity index is -0.000000245. The Morgan fingerprint density at radius 2 is 2.11 bits per heavy atom. The van der Waals surface area contributed by atoms with Gasteiger partial charge in [0.15, 0.2) is 5.12 Å². The van der Waals surface area contributed by atoms with Gasteiger partial charge in [0, 0.05) is 6.92 Å². The molecule has 0 fully saturated rings. The van der Waals surface area contributed by atoms with Crippen molar-refractivity contribution in [3.05, 3.63) is 0 Å². The first kappa shape index (κ1) is 12.8. The monoisotopic (exact) mass is 173 g/mol. The summed E-state index contributed by atoms with van der Waals surface area (Å²) in [6, 6.07) is 0. The number of primary amides is 1. The van der Waals surface area contributed by atoms with Gasteiger partial charge in [-0.3, -0.25) is 9.59 Å². The smallest absolute Gasteiger partial charge is 1.00 e. The summed E-state index contributed by atoms with van der Waals surface area (Å²) < 4.78 is 0. The normalized spacial score (nSPS) is 7.67. The van der Waals surface area contributed by atoms with Gasteiger partial charge >= 0.3 is 51.4 Å². The van der Waals surface area contributed by atoms with Crippen LogP contribution in [0, 0.1) is 0 Å². The van der Waals surface area contributed by atoms with Gasteiger partial charge in [-0.05, 0) is 0 Å². The first-order chi connectivity index (χ1) is 3.63. The standard InChI is InChI=1S/C4H7NO2S.K.H/c1-3(6)8-2-4(5)7;;/h2H2,1H3,(H2,5,7);;/q;+1;-1. The maximum Gasteiger partial charge on any atom is 1.00 e. The summed E-state index contributed by atoms with van der Waals surface area (Å²) in [5.41, 5.74) is 4.73. The third-order valence-electron chi connectivity index (χ3n) is 0.418. The zero-order chi connectivity index (χ0) is 6.57. The van der Waals surface area contributed by atoms with Crippen LogP contribution in [0.3, 0.4) is 0 Å². The van der Waals surface area contributed by atoms with Crippen LogP contribution in [-0.4, -0.2) is 16.8 Å². The van der Waals surface area contributed by atoms with Crippen molar-refractivity contribution in [1.29, 1.82) is 0 Å². The Morgan fingerprint density at radius 1 is 1.67 bits per heavy atom. The van der Waals surface area contributed by atoms with E-state index < -0.39 is 5.91 Å². The van der Waals surface area contributed by atoms with Crippen molar-refractivity contribution in [2.45, 2.75) is 6.92 Å². The molecule has 0 unspecified atom stereocenters. The molecule has 0 spiro atoms. The largest absolute Gasteiger partial charge is 1.00 e. The molecule has 0 atom stereocenters. The Hall–Kier alpha value is 1.13. The van der Waals surface area contributed by atoms with Crippen molar-refractivity contribution in [2.24, 2.45) is 5.73 Å². The molecule has 0 aliphatic rings. The van der Waals surface area contributed by atoms with Crippen LogP contribution in [-0.2, 0) is 9.59 Å². The summed E-state index contributed by atoms with van der Waals surface area (Å²) in [4.78, 5) is 20.1. The second-order valence-electron chi connectivity index (χ2n) is 1.25. The van der Waals surface area contributed by atoms with Gasteiger partial charge in [0.05, 0.1) is 5.75 Å². The molecule has 0 aromatic carbocycles. The molecule has 0 heterocycles. The van der Waals surface area contributed by atoms with Crippen molar-refractivity contribution in [1.82, 2.24) is 0 Å². The van der Waals surface area contributed by atoms with Gasteiger partial charge in [-0.2, -0.15) is 0 Å². The van der Waals surface area contributed by atoms with E-state index in [2.05, 4.69) is 0 Å². The summed E-state index contributed by atoms with van der Waals surface area (Å²) in [5.74, 6) is -0.361. The Bertz CT molecular complexity index is 108. The molecular formula is C4H8KNO2S. The molecule has 9 heavy (non-hydrogen) atoms. The summed E-state index contributed by atoms with van der Waals surface area (Å²) in [6.07, 6.45) is 0. The quantitative estimate of drug-likeness (QED) is 0.449. The molecule has 0 saturated carbocycles. The molecule has 1 amide bonds. The van der Waals surface area contributed by atoms with Crippen LogP contribution in [0.1, 0.15) is 8.35 Å². The van der Waals surface area contributed by atoms with Gasteiger partial charge in [0.1, 0.15) is 0 Å². The van der Waals surface area contributed by atoms with Crippen molar-refractivity contribution in [3.8, 4) is 0 Å². The molecule has 0 radical (unpaired) electrons. The van der Waals surface area contributed by atoms with Crippen LogP contribution in [0.2, 0.25) is 0 Å². The molecule has 0 aromatic rings. The van der Waals surface area contributed by atoms with E-state index in [9.17, 15) is 9.59 Å². The van der Waals surface area contributed by atoms with Gasteiger partial charge in [-0.15, -0.1) is 0 Å². The van der Waals surface area contributed by atoms with E-state index in [0.717, 1.165) is 11.8 Å². The molecule has 0 rings (SSSR count). The molecule has 0 aliphatic carbocycles. The van der Waals surface area contributed by atoms with E-state index in [0.29, 0.717) is 0 Å². The van der Waals surface area contributed by atoms with Gasteiger partial charge in [0.25, 0.3) is 0 Å². The van der Waals surface area contributed by atoms with Gasteiger partial charge in [-0.25, -0.2) is 0 Å². The first-order valence-corrected chi connectivity index (χ1v) is 3.03. The number of thioether (sulfide) groups is 1. The van der Waals surface area contributed by atoms with Crippen LogP contribution in [0.25, 0.3) is 0 Å². The fourth-order valence-electron chi connectivity index (χ4n) is 0.173. The number of nitrogens with two attached hydrogens (primary N) is 1. The molecule has 5 heteroatoms. The fourth-order valence-corrected chi connectivity index (χ4v) is 0.518. The van der Waals surface area contributed by atoms with E-state index in [4.69, 9.17) is 5.73 Å². The Kier molecular flexibility index (Phi) is 10.3. The van der Waals surface area contributed by atoms with Crippen LogP contribution in [0.5, 0.6) is 0 Å². The Morgan fingerprint density at radius 3 is 2.22 bits per heavy atom. The predicted octanol–water partition coefficient (Wildman–Crippen LogP) is -3.13. The molecular weight excluding hydrogens is 165 g/mol. The van der Waals surface area contributed by atoms with Crippen molar-refractivity contribution < 1.29 is 62.4 Å². The minimum Gasteiger partial charge on any atom is -1.00 e. The van der Waals surface area contributed by atoms with Gasteiger partial charge in [0.2, 0.25) is 5.91 Å². The summed E-state index contributed by atoms with van der Waals surface area (Å²) >= 11 is 0.926. The third kappa shape index (κ3) is 12.3. The second kappa shape index (κ2) is 7.24. The number of hydrogen-bond acceptors (Lipinski definition) is 3. The van der Waals surface area contributed by atoms with Crippen molar-refractivity contribution >= 4 is 22.8 Å². The van der Waals surface area contributed by atoms with Crippen molar-refractivity contribution in [3.63, 3.8) is 0 Å². The maximum atomic E-state index is 10.1. The zero-order valence-electron chi connectivity index (χ0n) is 6.51. The molecule has 48 valence electrons. The average molecular weight is 173 g/mol. The number of carbonyl (C=O) groups is 2. The van der Waals surface area contributed by atoms with E-state index in [1.54, 1.807) is 0 Å². The van der Waals surface area contributed by atoms with E-state index in [-0.39, 0.29) is 63.7 Å². The summed E-state index contributed by atoms with van der Waals surface area (Å²) in [6.45, 7) is 1.40. The molecule has 2 N–H and O–H groups in total. The van der Waals surface area contributed by atoms with Crippen molar-refractivity contribution in [2.75, 3.05) is 5.75 Å². The minimum absolute atomic E-state index is 0. The van der Waals surface area contributed by atoms with E-state index in [1.807, 2.05) is 0 Å². The van der Waals surface area contributed by atoms with E-state index in [1.165, 1.54) is 6.92 Å². The minimum atomic E-state index is -0.454. The topological polar surface area (TPSA) is 60.2 Å². The zero-order valence-corrected chi connectivity index (χ0v) is 9.45. The number of rotatable bonds is 2. The Labute approximate surface area is 102 Å². The van der Waals surface area contributed by atoms with Gasteiger partial charge < -0.3 is 7.16 Å². The second-order valence-corrected chi connectivity index (χ2v) is 2.40. The number of carbonyl (C=O) groups excluding carboxylic acids is 2. The number of amides is 1. The average Bonchev–Trinajstić information content (AvgIpc) is 1.61. The fraction of sp³-hybridized carbons (Fsp3) is 0.500. The summed E-state index contributed by atoms with van der Waals surface area (Å²) in [7, 11) is 0. The van der Waals surface area contributed by atoms with Crippen LogP contribution >= 0.6 is 11.8 Å². The van der Waals surface area contributed by atoms with Gasteiger partial charge in [-0.1, -0.05) is 11.8 Å². The SMILES string of the molecule is CC(=O)SCC(N)=O.[H-].[K+]. The van der Waals surface area contributed by atoms with Crippen LogP contribution in [0.15, 0.2) is 0 Å². The number of hydrogen-bond donors (Lipinski definition) is 1. The molecule has 0 bridgehead atoms. The molecule has 0 aromatic heterocycles. The molecule has 3 nitrogen and oxygen atoms in total. The molecule has 0 saturated heterocycles. The van der Waals surface area contributed by atoms with E-state index >= 15 is 0 Å².